The van der Waals surface area contributed by atoms with Crippen LogP contribution in [0.1, 0.15) is 40.2 Å². The highest BCUT2D eigenvalue weighted by Crippen LogP contribution is 2.71. The Morgan fingerprint density at radius 3 is 2.32 bits per heavy atom. The second-order valence-electron chi connectivity index (χ2n) is 6.71. The van der Waals surface area contributed by atoms with Crippen LogP contribution >= 0.6 is 24.4 Å². The van der Waals surface area contributed by atoms with Gasteiger partial charge in [0.15, 0.2) is 0 Å². The van der Waals surface area contributed by atoms with Gasteiger partial charge in [-0.05, 0) is 30.9 Å². The first-order chi connectivity index (χ1) is 11.1. The molecule has 4 N–H and O–H groups in total. The molecule has 142 valence electrons. The molecule has 0 saturated heterocycles. The molecule has 25 heavy (non-hydrogen) atoms. The third-order valence-electron chi connectivity index (χ3n) is 2.88. The first-order valence-corrected chi connectivity index (χ1v) is 12.7. The van der Waals surface area contributed by atoms with Gasteiger partial charge >= 0.3 is 19.1 Å². The third-order valence-corrected chi connectivity index (χ3v) is 10.5. The summed E-state index contributed by atoms with van der Waals surface area (Å²) in [6.45, 7) is 0.693. The van der Waals surface area contributed by atoms with Gasteiger partial charge in [0.1, 0.15) is 0 Å². The minimum absolute atomic E-state index is 0.0460. The smallest absolute Gasteiger partial charge is 0.385 e. The Morgan fingerprint density at radius 1 is 1.36 bits per heavy atom. The summed E-state index contributed by atoms with van der Waals surface area (Å²) in [5.41, 5.74) is 5.05. The Kier molecular flexibility index (Phi) is 6.89. The van der Waals surface area contributed by atoms with Crippen molar-refractivity contribution in [1.29, 1.82) is 0 Å². The molecule has 0 spiro atoms. The van der Waals surface area contributed by atoms with E-state index in [1.165, 1.54) is 12.1 Å². The van der Waals surface area contributed by atoms with E-state index in [-0.39, 0.29) is 33.9 Å². The van der Waals surface area contributed by atoms with Gasteiger partial charge < -0.3 is 9.42 Å². The van der Waals surface area contributed by atoms with Crippen LogP contribution in [0.3, 0.4) is 0 Å². The maximum atomic E-state index is 12.9. The fourth-order valence-corrected chi connectivity index (χ4v) is 8.89. The molecule has 0 amide bonds. The molecule has 9 nitrogen and oxygen atoms in total. The number of hydrogen-bond acceptors (Lipinski definition) is 6. The van der Waals surface area contributed by atoms with Gasteiger partial charge in [-0.2, -0.15) is 0 Å². The van der Waals surface area contributed by atoms with Crippen LogP contribution in [-0.2, 0) is 14.5 Å². The van der Waals surface area contributed by atoms with Gasteiger partial charge in [-0.1, -0.05) is 26.8 Å². The van der Waals surface area contributed by atoms with Crippen LogP contribution in [0.15, 0.2) is 18.2 Å². The van der Waals surface area contributed by atoms with Crippen molar-refractivity contribution in [2.45, 2.75) is 46.1 Å². The van der Waals surface area contributed by atoms with E-state index in [2.05, 4.69) is 5.09 Å². The Balaban J connectivity index is 3.35. The molecule has 0 heterocycles. The van der Waals surface area contributed by atoms with Crippen LogP contribution in [0.25, 0.3) is 0 Å². The van der Waals surface area contributed by atoms with Crippen LogP contribution < -0.4 is 15.1 Å². The van der Waals surface area contributed by atoms with Crippen molar-refractivity contribution in [1.82, 2.24) is 5.09 Å². The van der Waals surface area contributed by atoms with E-state index in [1.807, 2.05) is 20.8 Å². The lowest BCUT2D eigenvalue weighted by atomic mass is 9.87. The summed E-state index contributed by atoms with van der Waals surface area (Å²) in [5.74, 6) is -0.268. The maximum Gasteiger partial charge on any atom is 0.385 e. The molecule has 0 saturated carbocycles. The first-order valence-electron chi connectivity index (χ1n) is 7.32. The quantitative estimate of drug-likeness (QED) is 0.342. The Hall–Kier alpha value is -0.890. The van der Waals surface area contributed by atoms with Gasteiger partial charge in [0.2, 0.25) is 5.75 Å². The second kappa shape index (κ2) is 7.78. The summed E-state index contributed by atoms with van der Waals surface area (Å²) in [4.78, 5) is 20.1. The van der Waals surface area contributed by atoms with Crippen LogP contribution in [0.2, 0.25) is 0 Å². The number of rotatable bonds is 7. The van der Waals surface area contributed by atoms with Gasteiger partial charge in [-0.25, -0.2) is 9.65 Å². The summed E-state index contributed by atoms with van der Waals surface area (Å²) in [6, 6.07) is 3.90. The minimum atomic E-state index is -4.26. The van der Waals surface area contributed by atoms with Gasteiger partial charge in [0.05, 0.1) is 15.9 Å². The molecule has 0 fully saturated rings. The van der Waals surface area contributed by atoms with Crippen molar-refractivity contribution in [3.05, 3.63) is 33.9 Å². The van der Waals surface area contributed by atoms with Gasteiger partial charge in [0, 0.05) is 12.1 Å². The predicted octanol–water partition coefficient (Wildman–Crippen LogP) is 4.17. The monoisotopic (exact) mass is 411 g/mol. The molecule has 0 aliphatic heterocycles. The molecule has 2 atom stereocenters. The van der Waals surface area contributed by atoms with E-state index in [0.717, 1.165) is 0 Å². The summed E-state index contributed by atoms with van der Waals surface area (Å²) < 4.78 is 29.6. The molecule has 12 heteroatoms. The lowest BCUT2D eigenvalue weighted by molar-refractivity contribution is -0.385. The van der Waals surface area contributed by atoms with Crippen molar-refractivity contribution in [3.63, 3.8) is 0 Å². The first kappa shape index (κ1) is 22.2. The lowest BCUT2D eigenvalue weighted by Crippen LogP contribution is -2.21. The van der Waals surface area contributed by atoms with Gasteiger partial charge in [-0.15, -0.1) is 0 Å². The topological polar surface area (TPSA) is 145 Å². The fourth-order valence-electron chi connectivity index (χ4n) is 1.87. The average Bonchev–Trinajstić information content (AvgIpc) is 2.33. The normalized spacial score (nSPS) is 17.0. The molecular formula is C13H23N3O6P2S. The van der Waals surface area contributed by atoms with Crippen molar-refractivity contribution in [3.8, 4) is 5.75 Å². The molecule has 0 aliphatic carbocycles. The molecule has 2 unspecified atom stereocenters. The minimum Gasteiger partial charge on any atom is -0.418 e. The molecule has 0 bridgehead atoms. The summed E-state index contributed by atoms with van der Waals surface area (Å²) in [7, 11) is 0. The number of benzene rings is 1. The van der Waals surface area contributed by atoms with E-state index < -0.39 is 18.4 Å². The van der Waals surface area contributed by atoms with Crippen molar-refractivity contribution < 1.29 is 23.5 Å². The zero-order valence-corrected chi connectivity index (χ0v) is 17.2. The number of nitrogens with two attached hydrogens (primary N) is 1. The SMILES string of the molecule is CC(C)NP(=O)(Oc1ccc(C(C)(C)C)cc1[N+](=O)[O-])SP(N)(=O)O. The van der Waals surface area contributed by atoms with Crippen molar-refractivity contribution in [2.75, 3.05) is 0 Å². The highest BCUT2D eigenvalue weighted by molar-refractivity contribution is 8.85. The van der Waals surface area contributed by atoms with Crippen LogP contribution in [-0.4, -0.2) is 15.9 Å². The summed E-state index contributed by atoms with van der Waals surface area (Å²) in [6.07, 6.45) is 0. The number of nitrogens with zero attached hydrogens (tertiary/aromatic N) is 1. The molecule has 1 aromatic rings. The van der Waals surface area contributed by atoms with Gasteiger partial charge in [-0.3, -0.25) is 20.2 Å². The fraction of sp³-hybridized carbons (Fsp3) is 0.538. The standard InChI is InChI=1S/C13H23N3O6P2S/c1-9(2)15-24(21,25-23(14,19)20)22-12-7-6-10(13(3,4)5)8-11(12)16(17)18/h6-9H,1-5H3,(H,15,21)(H3,14,19,20). The summed E-state index contributed by atoms with van der Waals surface area (Å²) >= 11 is 0.0460. The largest absolute Gasteiger partial charge is 0.418 e. The number of nitrogens with one attached hydrogen (secondary N) is 1. The van der Waals surface area contributed by atoms with E-state index >= 15 is 0 Å². The number of nitro groups is 1. The molecule has 1 rings (SSSR count). The van der Waals surface area contributed by atoms with E-state index in [1.54, 1.807) is 19.9 Å². The number of nitro benzene ring substituents is 1. The average molecular weight is 411 g/mol. The van der Waals surface area contributed by atoms with E-state index in [0.29, 0.717) is 5.56 Å². The van der Waals surface area contributed by atoms with Gasteiger partial charge in [0.25, 0.3) is 0 Å². The van der Waals surface area contributed by atoms with Crippen molar-refractivity contribution in [2.24, 2.45) is 5.50 Å². The third kappa shape index (κ3) is 7.09. The van der Waals surface area contributed by atoms with Crippen LogP contribution in [0, 0.1) is 10.1 Å². The Labute approximate surface area is 150 Å². The van der Waals surface area contributed by atoms with E-state index in [4.69, 9.17) is 10.0 Å². The van der Waals surface area contributed by atoms with Crippen LogP contribution in [0.5, 0.6) is 5.75 Å². The van der Waals surface area contributed by atoms with Crippen molar-refractivity contribution >= 4 is 30.1 Å². The zero-order valence-electron chi connectivity index (χ0n) is 14.6. The lowest BCUT2D eigenvalue weighted by Gasteiger charge is -2.23. The van der Waals surface area contributed by atoms with Crippen LogP contribution in [0.4, 0.5) is 5.69 Å². The number of hydrogen-bond donors (Lipinski definition) is 3. The van der Waals surface area contributed by atoms with E-state index in [9.17, 15) is 24.1 Å². The molecule has 0 aliphatic rings. The zero-order chi connectivity index (χ0) is 19.6. The molecular weight excluding hydrogens is 388 g/mol. The molecule has 0 radical (unpaired) electrons. The highest BCUT2D eigenvalue weighted by atomic mass is 33.1. The maximum absolute atomic E-state index is 12.9. The Bertz CT molecular complexity index is 744. The second-order valence-corrected chi connectivity index (χ2v) is 14.4. The Morgan fingerprint density at radius 2 is 1.92 bits per heavy atom. The summed E-state index contributed by atoms with van der Waals surface area (Å²) in [5, 5.41) is 13.9. The highest BCUT2D eigenvalue weighted by Gasteiger charge is 2.37. The molecule has 0 aromatic heterocycles. The predicted molar refractivity (Wildman–Crippen MR) is 99.9 cm³/mol. The molecule has 1 aromatic carbocycles.